The molecule has 1 aliphatic carbocycles. The Hall–Kier alpha value is -2.60. The normalized spacial score (nSPS) is 16.3. The Kier molecular flexibility index (Phi) is 21.0. The van der Waals surface area contributed by atoms with Crippen molar-refractivity contribution in [1.82, 2.24) is 0 Å². The van der Waals surface area contributed by atoms with Crippen molar-refractivity contribution in [3.05, 3.63) is 120 Å². The van der Waals surface area contributed by atoms with Gasteiger partial charge in [-0.25, -0.2) is 0 Å². The second kappa shape index (κ2) is 21.3. The summed E-state index contributed by atoms with van der Waals surface area (Å²) in [5.74, 6) is 0. The van der Waals surface area contributed by atoms with E-state index in [1.807, 2.05) is 33.8 Å². The molecular formula is C33H50. The molecule has 0 saturated carbocycles. The SMILES string of the molecule is C=C\C=C(/C=C\CCC)C(=C/C(/C=C\C)=C/C=C\CC)\C1=CC=CC(C)(C)C=C1.CC.CC. The number of hydrogen-bond acceptors (Lipinski definition) is 0. The highest BCUT2D eigenvalue weighted by molar-refractivity contribution is 5.61. The summed E-state index contributed by atoms with van der Waals surface area (Å²) in [6, 6.07) is 0. The second-order valence-corrected chi connectivity index (χ2v) is 7.75. The molecule has 0 heteroatoms. The van der Waals surface area contributed by atoms with Gasteiger partial charge in [-0.3, -0.25) is 0 Å². The van der Waals surface area contributed by atoms with Gasteiger partial charge in [-0.15, -0.1) is 0 Å². The smallest absolute Gasteiger partial charge is 0.00109 e. The maximum absolute atomic E-state index is 3.95. The van der Waals surface area contributed by atoms with E-state index in [9.17, 15) is 0 Å². The lowest BCUT2D eigenvalue weighted by Gasteiger charge is -2.14. The molecule has 0 heterocycles. The molecule has 0 amide bonds. The molecule has 0 aromatic heterocycles. The van der Waals surface area contributed by atoms with Crippen LogP contribution in [0.1, 0.15) is 81.6 Å². The Balaban J connectivity index is 0. The van der Waals surface area contributed by atoms with Crippen LogP contribution in [-0.2, 0) is 0 Å². The Bertz CT molecular complexity index is 793. The molecule has 1 rings (SSSR count). The van der Waals surface area contributed by atoms with Crippen LogP contribution in [0.4, 0.5) is 0 Å². The van der Waals surface area contributed by atoms with Crippen LogP contribution in [0.5, 0.6) is 0 Å². The summed E-state index contributed by atoms with van der Waals surface area (Å²) in [4.78, 5) is 0. The molecule has 0 radical (unpaired) electrons. The highest BCUT2D eigenvalue weighted by Gasteiger charge is 2.13. The summed E-state index contributed by atoms with van der Waals surface area (Å²) in [5.41, 5.74) is 4.80. The summed E-state index contributed by atoms with van der Waals surface area (Å²) < 4.78 is 0. The van der Waals surface area contributed by atoms with E-state index in [1.165, 1.54) is 22.3 Å². The van der Waals surface area contributed by atoms with Gasteiger partial charge in [0.05, 0.1) is 0 Å². The van der Waals surface area contributed by atoms with Gasteiger partial charge >= 0.3 is 0 Å². The molecular weight excluding hydrogens is 396 g/mol. The maximum atomic E-state index is 3.95. The molecule has 0 N–H and O–H groups in total. The fraction of sp³-hybridized carbons (Fsp3) is 0.394. The molecule has 182 valence electrons. The van der Waals surface area contributed by atoms with E-state index in [-0.39, 0.29) is 5.41 Å². The van der Waals surface area contributed by atoms with E-state index in [0.29, 0.717) is 0 Å². The quantitative estimate of drug-likeness (QED) is 0.293. The number of rotatable bonds is 10. The van der Waals surface area contributed by atoms with Crippen molar-refractivity contribution in [3.63, 3.8) is 0 Å². The molecule has 0 spiro atoms. The molecule has 0 aliphatic heterocycles. The first kappa shape index (κ1) is 32.6. The first-order chi connectivity index (χ1) is 16.0. The monoisotopic (exact) mass is 446 g/mol. The van der Waals surface area contributed by atoms with Crippen molar-refractivity contribution in [3.8, 4) is 0 Å². The first-order valence-electron chi connectivity index (χ1n) is 12.8. The summed E-state index contributed by atoms with van der Waals surface area (Å²) in [6.45, 7) is 22.8. The standard InChI is InChI=1S/C29H38.2C2H6/c1-7-11-13-18-25(16-9-3)24-28(26(17-10-4)19-14-12-8-2)27-20-15-22-29(5,6)23-21-27;2*1-2/h9-11,13-24H,4,7-8,12H2,1-3,5-6H3;2*1-2H3/b13-11-,16-9-,19-14-,25-18+,26-17+,28-24+;;. The van der Waals surface area contributed by atoms with E-state index >= 15 is 0 Å². The van der Waals surface area contributed by atoms with Gasteiger partial charge < -0.3 is 0 Å². The van der Waals surface area contributed by atoms with Gasteiger partial charge in [-0.1, -0.05) is 153 Å². The summed E-state index contributed by atoms with van der Waals surface area (Å²) in [6.07, 6.45) is 35.8. The van der Waals surface area contributed by atoms with Crippen LogP contribution in [0, 0.1) is 5.41 Å². The third-order valence-electron chi connectivity index (χ3n) is 4.50. The molecule has 0 aromatic carbocycles. The lowest BCUT2D eigenvalue weighted by Crippen LogP contribution is -2.01. The van der Waals surface area contributed by atoms with Gasteiger partial charge in [-0.05, 0) is 48.1 Å². The predicted octanol–water partition coefficient (Wildman–Crippen LogP) is 11.0. The molecule has 0 nitrogen and oxygen atoms in total. The van der Waals surface area contributed by atoms with Crippen molar-refractivity contribution in [2.45, 2.75) is 81.6 Å². The van der Waals surface area contributed by atoms with E-state index < -0.39 is 0 Å². The average molecular weight is 447 g/mol. The number of hydrogen-bond donors (Lipinski definition) is 0. The van der Waals surface area contributed by atoms with Crippen LogP contribution >= 0.6 is 0 Å². The van der Waals surface area contributed by atoms with Crippen molar-refractivity contribution in [2.24, 2.45) is 5.41 Å². The average Bonchev–Trinajstić information content (AvgIpc) is 3.00. The minimum absolute atomic E-state index is 0.0512. The van der Waals surface area contributed by atoms with Crippen LogP contribution in [0.3, 0.4) is 0 Å². The maximum Gasteiger partial charge on any atom is 0.00109 e. The molecule has 0 atom stereocenters. The minimum Gasteiger partial charge on any atom is -0.0990 e. The lowest BCUT2D eigenvalue weighted by molar-refractivity contribution is 0.627. The highest BCUT2D eigenvalue weighted by Crippen LogP contribution is 2.30. The lowest BCUT2D eigenvalue weighted by atomic mass is 9.91. The highest BCUT2D eigenvalue weighted by atomic mass is 14.2. The second-order valence-electron chi connectivity index (χ2n) is 7.75. The van der Waals surface area contributed by atoms with Crippen molar-refractivity contribution in [1.29, 1.82) is 0 Å². The van der Waals surface area contributed by atoms with Crippen molar-refractivity contribution >= 4 is 0 Å². The summed E-state index contributed by atoms with van der Waals surface area (Å²) >= 11 is 0. The molecule has 0 aromatic rings. The van der Waals surface area contributed by atoms with Gasteiger partial charge in [0.2, 0.25) is 0 Å². The fourth-order valence-electron chi connectivity index (χ4n) is 2.89. The van der Waals surface area contributed by atoms with Gasteiger partial charge in [0.15, 0.2) is 0 Å². The Morgan fingerprint density at radius 2 is 1.67 bits per heavy atom. The fourth-order valence-corrected chi connectivity index (χ4v) is 2.89. The summed E-state index contributed by atoms with van der Waals surface area (Å²) in [5, 5.41) is 0. The van der Waals surface area contributed by atoms with Crippen molar-refractivity contribution in [2.75, 3.05) is 0 Å². The predicted molar refractivity (Wildman–Crippen MR) is 156 cm³/mol. The van der Waals surface area contributed by atoms with Crippen LogP contribution < -0.4 is 0 Å². The molecule has 0 bridgehead atoms. The first-order valence-corrected chi connectivity index (χ1v) is 12.8. The van der Waals surface area contributed by atoms with Crippen LogP contribution in [-0.4, -0.2) is 0 Å². The Labute approximate surface area is 207 Å². The molecule has 0 fully saturated rings. The van der Waals surface area contributed by atoms with Crippen LogP contribution in [0.2, 0.25) is 0 Å². The van der Waals surface area contributed by atoms with E-state index in [4.69, 9.17) is 0 Å². The van der Waals surface area contributed by atoms with Gasteiger partial charge in [0.25, 0.3) is 0 Å². The number of unbranched alkanes of at least 4 members (excludes halogenated alkanes) is 1. The van der Waals surface area contributed by atoms with Crippen LogP contribution in [0.15, 0.2) is 120 Å². The van der Waals surface area contributed by atoms with E-state index in [2.05, 4.69) is 126 Å². The van der Waals surface area contributed by atoms with Crippen molar-refractivity contribution < 1.29 is 0 Å². The van der Waals surface area contributed by atoms with Gasteiger partial charge in [0.1, 0.15) is 0 Å². The van der Waals surface area contributed by atoms with Gasteiger partial charge in [-0.2, -0.15) is 0 Å². The zero-order chi connectivity index (χ0) is 25.5. The Morgan fingerprint density at radius 3 is 2.24 bits per heavy atom. The third-order valence-corrected chi connectivity index (χ3v) is 4.50. The topological polar surface area (TPSA) is 0 Å². The van der Waals surface area contributed by atoms with Gasteiger partial charge in [0, 0.05) is 5.41 Å². The minimum atomic E-state index is 0.0512. The molecule has 0 unspecified atom stereocenters. The van der Waals surface area contributed by atoms with E-state index in [1.54, 1.807) is 0 Å². The van der Waals surface area contributed by atoms with Crippen LogP contribution in [0.25, 0.3) is 0 Å². The Morgan fingerprint density at radius 1 is 0.970 bits per heavy atom. The third kappa shape index (κ3) is 15.0. The molecule has 33 heavy (non-hydrogen) atoms. The molecule has 0 saturated heterocycles. The summed E-state index contributed by atoms with van der Waals surface area (Å²) in [7, 11) is 0. The van der Waals surface area contributed by atoms with E-state index in [0.717, 1.165) is 19.3 Å². The largest absolute Gasteiger partial charge is 0.0990 e. The zero-order valence-corrected chi connectivity index (χ0v) is 23.0. The molecule has 1 aliphatic rings. The zero-order valence-electron chi connectivity index (χ0n) is 23.0. The number of allylic oxidation sites excluding steroid dienone is 19.